The van der Waals surface area contributed by atoms with Gasteiger partial charge in [-0.3, -0.25) is 14.3 Å². The number of hydrogen-bond acceptors (Lipinski definition) is 7. The first kappa shape index (κ1) is 35.9. The summed E-state index contributed by atoms with van der Waals surface area (Å²) in [6.45, 7) is 8.25. The number of carbonyl (C=O) groups is 2. The van der Waals surface area contributed by atoms with E-state index in [1.165, 1.54) is 18.2 Å². The lowest BCUT2D eigenvalue weighted by atomic mass is 10.0. The van der Waals surface area contributed by atoms with E-state index >= 15 is 0 Å². The number of amides is 2. The predicted molar refractivity (Wildman–Crippen MR) is 182 cm³/mol. The molecular weight excluding hydrogens is 618 g/mol. The monoisotopic (exact) mass is 665 g/mol. The van der Waals surface area contributed by atoms with E-state index in [0.29, 0.717) is 30.9 Å². The zero-order chi connectivity index (χ0) is 34.1. The summed E-state index contributed by atoms with van der Waals surface area (Å²) >= 11 is 0. The van der Waals surface area contributed by atoms with Gasteiger partial charge in [-0.2, -0.15) is 0 Å². The molecule has 0 unspecified atom stereocenters. The van der Waals surface area contributed by atoms with Gasteiger partial charge < -0.3 is 24.4 Å². The summed E-state index contributed by atoms with van der Waals surface area (Å²) in [5.74, 6) is -0.436. The number of ether oxygens (including phenoxy) is 2. The Hall–Kier alpha value is -3.93. The normalized spacial score (nSPS) is 20.3. The largest absolute Gasteiger partial charge is 0.490 e. The minimum absolute atomic E-state index is 0.102. The van der Waals surface area contributed by atoms with Gasteiger partial charge in [0.05, 0.1) is 35.3 Å². The number of likely N-dealkylation sites (N-methyl/N-ethyl adjacent to an activating group) is 1. The van der Waals surface area contributed by atoms with E-state index in [9.17, 15) is 23.1 Å². The molecule has 1 heterocycles. The van der Waals surface area contributed by atoms with Gasteiger partial charge in [0.2, 0.25) is 0 Å². The van der Waals surface area contributed by atoms with Crippen molar-refractivity contribution >= 4 is 27.5 Å². The molecule has 1 aliphatic rings. The van der Waals surface area contributed by atoms with Crippen LogP contribution in [-0.2, 0) is 14.8 Å². The van der Waals surface area contributed by atoms with Crippen LogP contribution in [0, 0.1) is 12.8 Å². The first-order valence-corrected chi connectivity index (χ1v) is 17.6. The molecule has 0 aromatic heterocycles. The van der Waals surface area contributed by atoms with Crippen LogP contribution in [0.25, 0.3) is 0 Å². The van der Waals surface area contributed by atoms with Crippen LogP contribution in [0.5, 0.6) is 5.75 Å². The number of nitrogens with zero attached hydrogens (tertiary/aromatic N) is 2. The van der Waals surface area contributed by atoms with Crippen molar-refractivity contribution in [2.75, 3.05) is 38.1 Å². The number of benzene rings is 3. The third kappa shape index (κ3) is 9.56. The quantitative estimate of drug-likeness (QED) is 0.332. The van der Waals surface area contributed by atoms with Gasteiger partial charge in [0.25, 0.3) is 21.8 Å². The molecule has 254 valence electrons. The molecule has 11 heteroatoms. The third-order valence-electron chi connectivity index (χ3n) is 8.46. The van der Waals surface area contributed by atoms with Gasteiger partial charge in [-0.05, 0) is 82.5 Å². The number of rotatable bonds is 8. The average molecular weight is 666 g/mol. The van der Waals surface area contributed by atoms with Gasteiger partial charge >= 0.3 is 0 Å². The maximum Gasteiger partial charge on any atom is 0.261 e. The molecule has 10 nitrogen and oxygen atoms in total. The van der Waals surface area contributed by atoms with Crippen molar-refractivity contribution in [1.29, 1.82) is 0 Å². The van der Waals surface area contributed by atoms with Crippen molar-refractivity contribution in [2.24, 2.45) is 5.92 Å². The zero-order valence-electron chi connectivity index (χ0n) is 27.9. The van der Waals surface area contributed by atoms with Crippen LogP contribution >= 0.6 is 0 Å². The van der Waals surface area contributed by atoms with E-state index in [1.54, 1.807) is 60.2 Å². The second kappa shape index (κ2) is 16.3. The lowest BCUT2D eigenvalue weighted by Gasteiger charge is -2.36. The highest BCUT2D eigenvalue weighted by Crippen LogP contribution is 2.29. The molecular formula is C36H47N3O7S. The Morgan fingerprint density at radius 1 is 1.06 bits per heavy atom. The average Bonchev–Trinajstić information content (AvgIpc) is 3.06. The van der Waals surface area contributed by atoms with Gasteiger partial charge in [-0.25, -0.2) is 8.42 Å². The Morgan fingerprint density at radius 2 is 1.77 bits per heavy atom. The highest BCUT2D eigenvalue weighted by molar-refractivity contribution is 7.92. The molecule has 2 N–H and O–H groups in total. The number of aliphatic hydroxyl groups is 1. The first-order valence-electron chi connectivity index (χ1n) is 16.1. The Kier molecular flexibility index (Phi) is 12.4. The molecule has 1 aliphatic heterocycles. The summed E-state index contributed by atoms with van der Waals surface area (Å²) in [6.07, 6.45) is 1.70. The number of aliphatic hydroxyl groups excluding tert-OH is 1. The summed E-state index contributed by atoms with van der Waals surface area (Å²) in [5, 5.41) is 10.2. The molecule has 0 aliphatic carbocycles. The molecule has 3 aromatic rings. The molecule has 0 fully saturated rings. The number of sulfonamides is 1. The number of fused-ring (bicyclic) bond motifs is 1. The zero-order valence-corrected chi connectivity index (χ0v) is 28.7. The van der Waals surface area contributed by atoms with E-state index in [1.807, 2.05) is 39.0 Å². The Balaban J connectivity index is 1.66. The highest BCUT2D eigenvalue weighted by atomic mass is 32.2. The molecule has 47 heavy (non-hydrogen) atoms. The summed E-state index contributed by atoms with van der Waals surface area (Å²) in [5.41, 5.74) is 1.90. The summed E-state index contributed by atoms with van der Waals surface area (Å²) in [7, 11) is -2.19. The molecule has 0 spiro atoms. The number of aryl methyl sites for hydroxylation is 1. The molecule has 0 bridgehead atoms. The minimum atomic E-state index is -3.93. The van der Waals surface area contributed by atoms with Gasteiger partial charge in [0.15, 0.2) is 0 Å². The van der Waals surface area contributed by atoms with Crippen molar-refractivity contribution in [1.82, 2.24) is 9.80 Å². The lowest BCUT2D eigenvalue weighted by Crippen LogP contribution is -2.48. The van der Waals surface area contributed by atoms with E-state index < -0.39 is 28.1 Å². The second-order valence-corrected chi connectivity index (χ2v) is 14.2. The number of hydrogen-bond donors (Lipinski definition) is 2. The first-order chi connectivity index (χ1) is 22.4. The lowest BCUT2D eigenvalue weighted by molar-refractivity contribution is -0.0149. The standard InChI is InChI=1S/C36H47N3O7S/c1-25-14-17-31(18-15-25)47(43,44)37-30-16-19-33-32(21-30)36(42)39(27(3)24-40)22-26(2)34(45-20-10-9-11-28(4)46-33)23-38(5)35(41)29-12-7-6-8-13-29/h6-8,12-19,21,26-28,34,37,40H,9-11,20,22-24H2,1-5H3/t26-,27-,28-,34-/m1/s1. The van der Waals surface area contributed by atoms with E-state index in [2.05, 4.69) is 4.72 Å². The minimum Gasteiger partial charge on any atom is -0.490 e. The van der Waals surface area contributed by atoms with Gasteiger partial charge in [0.1, 0.15) is 5.75 Å². The van der Waals surface area contributed by atoms with Crippen LogP contribution in [0.4, 0.5) is 5.69 Å². The number of carbonyl (C=O) groups excluding carboxylic acids is 2. The van der Waals surface area contributed by atoms with Crippen LogP contribution in [0.1, 0.15) is 66.3 Å². The summed E-state index contributed by atoms with van der Waals surface area (Å²) < 4.78 is 41.6. The topological polar surface area (TPSA) is 125 Å². The van der Waals surface area contributed by atoms with Crippen LogP contribution in [-0.4, -0.2) is 86.7 Å². The molecule has 4 atom stereocenters. The van der Waals surface area contributed by atoms with E-state index in [4.69, 9.17) is 9.47 Å². The van der Waals surface area contributed by atoms with Crippen molar-refractivity contribution in [3.8, 4) is 5.75 Å². The predicted octanol–water partition coefficient (Wildman–Crippen LogP) is 5.36. The molecule has 0 saturated heterocycles. The van der Waals surface area contributed by atoms with Crippen molar-refractivity contribution in [2.45, 2.75) is 70.1 Å². The third-order valence-corrected chi connectivity index (χ3v) is 9.85. The van der Waals surface area contributed by atoms with Crippen LogP contribution in [0.3, 0.4) is 0 Å². The summed E-state index contributed by atoms with van der Waals surface area (Å²) in [6, 6.07) is 19.7. The molecule has 2 amide bonds. The van der Waals surface area contributed by atoms with Crippen molar-refractivity contribution in [3.63, 3.8) is 0 Å². The molecule has 0 radical (unpaired) electrons. The van der Waals surface area contributed by atoms with Gasteiger partial charge in [-0.1, -0.05) is 42.8 Å². The number of nitrogens with one attached hydrogen (secondary N) is 1. The fourth-order valence-corrected chi connectivity index (χ4v) is 6.58. The van der Waals surface area contributed by atoms with Crippen LogP contribution in [0.15, 0.2) is 77.7 Å². The maximum absolute atomic E-state index is 14.4. The second-order valence-electron chi connectivity index (χ2n) is 12.5. The molecule has 4 rings (SSSR count). The number of anilines is 1. The van der Waals surface area contributed by atoms with E-state index in [-0.39, 0.29) is 47.2 Å². The van der Waals surface area contributed by atoms with Crippen molar-refractivity contribution < 1.29 is 32.6 Å². The Morgan fingerprint density at radius 3 is 2.45 bits per heavy atom. The van der Waals surface area contributed by atoms with Crippen LogP contribution in [0.2, 0.25) is 0 Å². The fraction of sp³-hybridized carbons (Fsp3) is 0.444. The SMILES string of the molecule is Cc1ccc(S(=O)(=O)Nc2ccc3c(c2)C(=O)N([C@H](C)CO)C[C@@H](C)[C@@H](CN(C)C(=O)c2ccccc2)OCCCC[C@@H](C)O3)cc1. The van der Waals surface area contributed by atoms with Gasteiger partial charge in [0, 0.05) is 43.9 Å². The molecule has 3 aromatic carbocycles. The van der Waals surface area contributed by atoms with E-state index in [0.717, 1.165) is 18.4 Å². The fourth-order valence-electron chi connectivity index (χ4n) is 5.53. The summed E-state index contributed by atoms with van der Waals surface area (Å²) in [4.78, 5) is 30.8. The smallest absolute Gasteiger partial charge is 0.261 e. The van der Waals surface area contributed by atoms with Crippen LogP contribution < -0.4 is 9.46 Å². The maximum atomic E-state index is 14.4. The Bertz CT molecular complexity index is 1600. The van der Waals surface area contributed by atoms with Crippen molar-refractivity contribution in [3.05, 3.63) is 89.5 Å². The molecule has 0 saturated carbocycles. The van der Waals surface area contributed by atoms with Gasteiger partial charge in [-0.15, -0.1) is 0 Å². The Labute approximate surface area is 278 Å². The highest BCUT2D eigenvalue weighted by Gasteiger charge is 2.31.